The van der Waals surface area contributed by atoms with Crippen LogP contribution in [0.2, 0.25) is 0 Å². The minimum atomic E-state index is -3.50. The third kappa shape index (κ3) is 4.71. The zero-order valence-corrected chi connectivity index (χ0v) is 19.4. The summed E-state index contributed by atoms with van der Waals surface area (Å²) in [6.07, 6.45) is 6.15. The maximum Gasteiger partial charge on any atom is 0.277 e. The Morgan fingerprint density at radius 1 is 1.06 bits per heavy atom. The number of nitrogens with zero attached hydrogens (tertiary/aromatic N) is 3. The predicted octanol–water partition coefficient (Wildman–Crippen LogP) is 3.40. The molecule has 7 nitrogen and oxygen atoms in total. The van der Waals surface area contributed by atoms with Crippen molar-refractivity contribution in [2.24, 2.45) is 11.8 Å². The van der Waals surface area contributed by atoms with Crippen molar-refractivity contribution in [1.82, 2.24) is 24.2 Å². The monoisotopic (exact) mass is 469 g/mol. The highest BCUT2D eigenvalue weighted by Gasteiger charge is 2.41. The molecule has 2 aliphatic rings. The van der Waals surface area contributed by atoms with Crippen molar-refractivity contribution in [3.8, 4) is 17.1 Å². The molecule has 0 aliphatic heterocycles. The summed E-state index contributed by atoms with van der Waals surface area (Å²) in [7, 11) is -3.50. The van der Waals surface area contributed by atoms with Crippen molar-refractivity contribution >= 4 is 10.2 Å². The average Bonchev–Trinajstić information content (AvgIpc) is 3.38. The molecule has 0 spiro atoms. The quantitative estimate of drug-likeness (QED) is 0.555. The summed E-state index contributed by atoms with van der Waals surface area (Å²) in [6.45, 7) is 2.39. The largest absolute Gasteiger partial charge is 0.277 e. The first-order valence-electron chi connectivity index (χ1n) is 11.5. The number of hydrogen-bond donors (Lipinski definition) is 2. The Labute approximate surface area is 193 Å². The van der Waals surface area contributed by atoms with Crippen molar-refractivity contribution in [2.75, 3.05) is 6.54 Å². The second-order valence-corrected chi connectivity index (χ2v) is 10.6. The van der Waals surface area contributed by atoms with E-state index in [9.17, 15) is 12.8 Å². The third-order valence-electron chi connectivity index (χ3n) is 6.77. The van der Waals surface area contributed by atoms with Gasteiger partial charge in [0.05, 0.1) is 5.69 Å². The van der Waals surface area contributed by atoms with Crippen LogP contribution in [0, 0.1) is 17.7 Å². The zero-order valence-electron chi connectivity index (χ0n) is 18.5. The number of halogens is 1. The van der Waals surface area contributed by atoms with Gasteiger partial charge < -0.3 is 0 Å². The van der Waals surface area contributed by atoms with E-state index >= 15 is 0 Å². The van der Waals surface area contributed by atoms with E-state index in [4.69, 9.17) is 0 Å². The molecule has 0 radical (unpaired) electrons. The van der Waals surface area contributed by atoms with Gasteiger partial charge in [-0.3, -0.25) is 0 Å². The molecule has 2 aliphatic carbocycles. The van der Waals surface area contributed by atoms with Gasteiger partial charge in [-0.25, -0.2) is 18.8 Å². The topological polar surface area (TPSA) is 88.9 Å². The zero-order chi connectivity index (χ0) is 23.0. The van der Waals surface area contributed by atoms with E-state index in [1.54, 1.807) is 23.1 Å². The highest BCUT2D eigenvalue weighted by Crippen LogP contribution is 2.41. The molecule has 2 bridgehead atoms. The molecular formula is C24H28FN5O2S. The number of hydrogen-bond acceptors (Lipinski definition) is 4. The molecule has 1 saturated carbocycles. The molecule has 5 rings (SSSR count). The van der Waals surface area contributed by atoms with E-state index in [2.05, 4.69) is 31.7 Å². The molecule has 1 fully saturated rings. The van der Waals surface area contributed by atoms with Crippen LogP contribution >= 0.6 is 0 Å². The normalized spacial score (nSPS) is 22.2. The van der Waals surface area contributed by atoms with Crippen molar-refractivity contribution < 1.29 is 12.8 Å². The van der Waals surface area contributed by atoms with Crippen LogP contribution in [0.3, 0.4) is 0 Å². The van der Waals surface area contributed by atoms with Crippen molar-refractivity contribution in [3.63, 3.8) is 0 Å². The molecule has 9 heteroatoms. The van der Waals surface area contributed by atoms with Gasteiger partial charge >= 0.3 is 0 Å². The Balaban J connectivity index is 1.37. The molecule has 0 unspecified atom stereocenters. The minimum absolute atomic E-state index is 0.0500. The summed E-state index contributed by atoms with van der Waals surface area (Å²) >= 11 is 0. The van der Waals surface area contributed by atoms with Gasteiger partial charge in [0.2, 0.25) is 0 Å². The molecule has 1 heterocycles. The number of benzene rings is 2. The number of aromatic nitrogens is 3. The molecular weight excluding hydrogens is 441 g/mol. The number of rotatable bonds is 7. The van der Waals surface area contributed by atoms with Crippen molar-refractivity contribution in [1.29, 1.82) is 0 Å². The van der Waals surface area contributed by atoms with Crippen LogP contribution in [0.5, 0.6) is 0 Å². The van der Waals surface area contributed by atoms with E-state index in [-0.39, 0.29) is 17.8 Å². The lowest BCUT2D eigenvalue weighted by Gasteiger charge is -2.23. The van der Waals surface area contributed by atoms with Gasteiger partial charge in [-0.2, -0.15) is 13.1 Å². The van der Waals surface area contributed by atoms with Crippen LogP contribution in [0.25, 0.3) is 17.1 Å². The van der Waals surface area contributed by atoms with Gasteiger partial charge in [0.25, 0.3) is 10.2 Å². The molecule has 2 N–H and O–H groups in total. The highest BCUT2D eigenvalue weighted by atomic mass is 32.2. The molecule has 0 saturated heterocycles. The lowest BCUT2D eigenvalue weighted by atomic mass is 9.92. The fourth-order valence-corrected chi connectivity index (χ4v) is 6.41. The van der Waals surface area contributed by atoms with E-state index in [0.29, 0.717) is 18.3 Å². The molecule has 33 heavy (non-hydrogen) atoms. The Morgan fingerprint density at radius 2 is 1.79 bits per heavy atom. The van der Waals surface area contributed by atoms with Gasteiger partial charge in [0.15, 0.2) is 5.82 Å². The van der Waals surface area contributed by atoms with Gasteiger partial charge in [-0.15, -0.1) is 5.10 Å². The SMILES string of the molecule is CCCNS(=O)(=O)N[C@@H]1[C@@H]2CC[C@H]1Cc1cc(-c3ncn(-c4ccc(F)cc4)n3)ccc1C2. The van der Waals surface area contributed by atoms with Crippen LogP contribution in [-0.4, -0.2) is 35.8 Å². The highest BCUT2D eigenvalue weighted by molar-refractivity contribution is 7.87. The van der Waals surface area contributed by atoms with E-state index in [0.717, 1.165) is 43.4 Å². The van der Waals surface area contributed by atoms with E-state index in [1.807, 2.05) is 13.0 Å². The fraction of sp³-hybridized carbons (Fsp3) is 0.417. The molecule has 0 amide bonds. The van der Waals surface area contributed by atoms with Crippen molar-refractivity contribution in [3.05, 3.63) is 65.7 Å². The lowest BCUT2D eigenvalue weighted by molar-refractivity contribution is 0.384. The first kappa shape index (κ1) is 22.2. The summed E-state index contributed by atoms with van der Waals surface area (Å²) < 4.78 is 45.4. The molecule has 2 aromatic carbocycles. The Kier molecular flexibility index (Phi) is 6.03. The van der Waals surface area contributed by atoms with Gasteiger partial charge in [-0.1, -0.05) is 19.1 Å². The maximum absolute atomic E-state index is 13.2. The van der Waals surface area contributed by atoms with E-state index < -0.39 is 10.2 Å². The fourth-order valence-electron chi connectivity index (χ4n) is 5.11. The summed E-state index contributed by atoms with van der Waals surface area (Å²) in [6, 6.07) is 12.4. The lowest BCUT2D eigenvalue weighted by Crippen LogP contribution is -2.47. The van der Waals surface area contributed by atoms with Crippen LogP contribution in [0.4, 0.5) is 4.39 Å². The Hall–Kier alpha value is -2.62. The smallest absolute Gasteiger partial charge is 0.220 e. The van der Waals surface area contributed by atoms with Crippen LogP contribution in [0.15, 0.2) is 48.8 Å². The van der Waals surface area contributed by atoms with Crippen LogP contribution < -0.4 is 9.44 Å². The second kappa shape index (κ2) is 8.96. The summed E-state index contributed by atoms with van der Waals surface area (Å²) in [4.78, 5) is 4.46. The Morgan fingerprint density at radius 3 is 2.52 bits per heavy atom. The molecule has 3 aromatic rings. The summed E-state index contributed by atoms with van der Waals surface area (Å²) in [5, 5.41) is 4.58. The summed E-state index contributed by atoms with van der Waals surface area (Å²) in [5.41, 5.74) is 4.18. The first-order valence-corrected chi connectivity index (χ1v) is 13.0. The standard InChI is InChI=1S/C24H28FN5O2S/c1-2-11-27-33(31,32)29-23-17-4-5-18(23)13-20-14-19(6-3-16(20)12-17)24-26-15-30(28-24)22-9-7-21(25)8-10-22/h3,6-10,14-15,17-18,23,27,29H,2,4-5,11-13H2,1H3/t17-,18+,23-/m1/s1. The van der Waals surface area contributed by atoms with Crippen LogP contribution in [-0.2, 0) is 23.1 Å². The van der Waals surface area contributed by atoms with Crippen LogP contribution in [0.1, 0.15) is 37.3 Å². The van der Waals surface area contributed by atoms with E-state index in [1.165, 1.54) is 23.3 Å². The van der Waals surface area contributed by atoms with Crippen molar-refractivity contribution in [2.45, 2.75) is 45.1 Å². The molecule has 3 atom stereocenters. The molecule has 174 valence electrons. The predicted molar refractivity (Wildman–Crippen MR) is 125 cm³/mol. The maximum atomic E-state index is 13.2. The second-order valence-electron chi connectivity index (χ2n) is 9.02. The summed E-state index contributed by atoms with van der Waals surface area (Å²) in [5.74, 6) is 0.893. The average molecular weight is 470 g/mol. The third-order valence-corrected chi connectivity index (χ3v) is 7.94. The molecule has 1 aromatic heterocycles. The van der Waals surface area contributed by atoms with Gasteiger partial charge in [0.1, 0.15) is 12.1 Å². The number of fused-ring (bicyclic) bond motifs is 3. The first-order chi connectivity index (χ1) is 15.9. The van der Waals surface area contributed by atoms with Gasteiger partial charge in [0, 0.05) is 18.2 Å². The minimum Gasteiger partial charge on any atom is -0.220 e. The number of nitrogens with one attached hydrogen (secondary N) is 2. The van der Waals surface area contributed by atoms with Gasteiger partial charge in [-0.05, 0) is 85.4 Å². The Bertz CT molecular complexity index is 1240.